The predicted molar refractivity (Wildman–Crippen MR) is 77.4 cm³/mol. The lowest BCUT2D eigenvalue weighted by Crippen LogP contribution is -2.41. The van der Waals surface area contributed by atoms with Crippen LogP contribution in [0.3, 0.4) is 0 Å². The molecule has 0 radical (unpaired) electrons. The number of hydrogen-bond donors (Lipinski definition) is 2. The number of carbonyl (C=O) groups is 1. The van der Waals surface area contributed by atoms with Gasteiger partial charge in [-0.25, -0.2) is 0 Å². The van der Waals surface area contributed by atoms with E-state index in [1.807, 2.05) is 17.7 Å². The van der Waals surface area contributed by atoms with Crippen molar-refractivity contribution in [3.63, 3.8) is 0 Å². The Bertz CT molecular complexity index is 479. The molecule has 1 atom stereocenters. The average Bonchev–Trinajstić information content (AvgIpc) is 3.16. The van der Waals surface area contributed by atoms with Crippen molar-refractivity contribution < 1.29 is 9.90 Å². The molecule has 1 heterocycles. The van der Waals surface area contributed by atoms with E-state index >= 15 is 0 Å². The van der Waals surface area contributed by atoms with E-state index < -0.39 is 11.4 Å². The molecule has 0 spiro atoms. The molecule has 20 heavy (non-hydrogen) atoms. The molecule has 5 nitrogen and oxygen atoms in total. The third kappa shape index (κ3) is 3.03. The molecule has 5 heteroatoms. The summed E-state index contributed by atoms with van der Waals surface area (Å²) in [6.45, 7) is 5.04. The smallest absolute Gasteiger partial charge is 0.311 e. The summed E-state index contributed by atoms with van der Waals surface area (Å²) < 4.78 is 1.92. The summed E-state index contributed by atoms with van der Waals surface area (Å²) in [7, 11) is 0. The molecule has 1 aliphatic carbocycles. The van der Waals surface area contributed by atoms with Crippen molar-refractivity contribution in [2.45, 2.75) is 52.5 Å². The SMILES string of the molecule is CCc1cc(CC(CN)(CC2CC2)C(=O)O)n(CC)n1. The minimum atomic E-state index is -0.834. The van der Waals surface area contributed by atoms with Crippen molar-refractivity contribution >= 4 is 5.97 Å². The van der Waals surface area contributed by atoms with Crippen LogP contribution in [0.1, 0.15) is 44.5 Å². The van der Waals surface area contributed by atoms with Crippen LogP contribution in [-0.2, 0) is 24.2 Å². The molecule has 0 saturated heterocycles. The van der Waals surface area contributed by atoms with Crippen molar-refractivity contribution in [2.75, 3.05) is 6.54 Å². The van der Waals surface area contributed by atoms with Gasteiger partial charge in [-0.3, -0.25) is 9.48 Å². The Labute approximate surface area is 120 Å². The first-order valence-electron chi connectivity index (χ1n) is 7.53. The van der Waals surface area contributed by atoms with E-state index in [0.29, 0.717) is 18.8 Å². The zero-order valence-corrected chi connectivity index (χ0v) is 12.4. The van der Waals surface area contributed by atoms with Crippen LogP contribution in [0, 0.1) is 11.3 Å². The molecule has 1 saturated carbocycles. The maximum atomic E-state index is 11.8. The third-order valence-electron chi connectivity index (χ3n) is 4.32. The molecule has 3 N–H and O–H groups in total. The molecular weight excluding hydrogens is 254 g/mol. The van der Waals surface area contributed by atoms with Gasteiger partial charge in [0.15, 0.2) is 0 Å². The van der Waals surface area contributed by atoms with E-state index in [0.717, 1.165) is 37.2 Å². The first-order valence-corrected chi connectivity index (χ1v) is 7.53. The van der Waals surface area contributed by atoms with E-state index in [4.69, 9.17) is 5.73 Å². The Morgan fingerprint density at radius 3 is 2.70 bits per heavy atom. The minimum Gasteiger partial charge on any atom is -0.481 e. The van der Waals surface area contributed by atoms with Gasteiger partial charge in [-0.1, -0.05) is 19.8 Å². The lowest BCUT2D eigenvalue weighted by atomic mass is 9.78. The molecular formula is C15H25N3O2. The molecule has 0 bridgehead atoms. The predicted octanol–water partition coefficient (Wildman–Crippen LogP) is 1.84. The maximum Gasteiger partial charge on any atom is 0.311 e. The molecule has 1 fully saturated rings. The number of nitrogens with two attached hydrogens (primary N) is 1. The number of rotatable bonds is 8. The van der Waals surface area contributed by atoms with Crippen LogP contribution in [0.25, 0.3) is 0 Å². The van der Waals surface area contributed by atoms with Crippen molar-refractivity contribution in [2.24, 2.45) is 17.1 Å². The second-order valence-corrected chi connectivity index (χ2v) is 5.91. The maximum absolute atomic E-state index is 11.8. The number of nitrogens with zero attached hydrogens (tertiary/aromatic N) is 2. The largest absolute Gasteiger partial charge is 0.481 e. The van der Waals surface area contributed by atoms with Crippen molar-refractivity contribution in [3.8, 4) is 0 Å². The zero-order valence-electron chi connectivity index (χ0n) is 12.4. The molecule has 0 aliphatic heterocycles. The summed E-state index contributed by atoms with van der Waals surface area (Å²) in [6.07, 6.45) is 4.32. The highest BCUT2D eigenvalue weighted by molar-refractivity contribution is 5.75. The van der Waals surface area contributed by atoms with Crippen LogP contribution in [0.2, 0.25) is 0 Å². The van der Waals surface area contributed by atoms with Gasteiger partial charge in [0.25, 0.3) is 0 Å². The van der Waals surface area contributed by atoms with E-state index in [9.17, 15) is 9.90 Å². The third-order valence-corrected chi connectivity index (χ3v) is 4.32. The Hall–Kier alpha value is -1.36. The molecule has 1 aromatic rings. The Morgan fingerprint density at radius 2 is 2.25 bits per heavy atom. The van der Waals surface area contributed by atoms with E-state index in [1.54, 1.807) is 0 Å². The molecule has 112 valence electrons. The van der Waals surface area contributed by atoms with Crippen LogP contribution >= 0.6 is 0 Å². The second kappa shape index (κ2) is 5.95. The number of carboxylic acids is 1. The van der Waals surface area contributed by atoms with E-state index in [1.165, 1.54) is 0 Å². The normalized spacial score (nSPS) is 17.9. The van der Waals surface area contributed by atoms with Gasteiger partial charge in [-0.15, -0.1) is 0 Å². The first-order chi connectivity index (χ1) is 9.54. The summed E-state index contributed by atoms with van der Waals surface area (Å²) in [5, 5.41) is 14.2. The van der Waals surface area contributed by atoms with Crippen LogP contribution in [0.5, 0.6) is 0 Å². The van der Waals surface area contributed by atoms with Crippen molar-refractivity contribution in [3.05, 3.63) is 17.5 Å². The highest BCUT2D eigenvalue weighted by Gasteiger charge is 2.43. The number of aryl methyl sites for hydroxylation is 2. The molecule has 0 amide bonds. The molecule has 1 aliphatic rings. The van der Waals surface area contributed by atoms with Gasteiger partial charge in [0.1, 0.15) is 0 Å². The summed E-state index contributed by atoms with van der Waals surface area (Å²) in [4.78, 5) is 11.8. The lowest BCUT2D eigenvalue weighted by molar-refractivity contribution is -0.149. The second-order valence-electron chi connectivity index (χ2n) is 5.91. The molecule has 0 aromatic carbocycles. The fourth-order valence-corrected chi connectivity index (χ4v) is 2.80. The lowest BCUT2D eigenvalue weighted by Gasteiger charge is -2.28. The van der Waals surface area contributed by atoms with Crippen LogP contribution in [-0.4, -0.2) is 27.4 Å². The topological polar surface area (TPSA) is 81.1 Å². The highest BCUT2D eigenvalue weighted by atomic mass is 16.4. The fraction of sp³-hybridized carbons (Fsp3) is 0.733. The quantitative estimate of drug-likeness (QED) is 0.760. The minimum absolute atomic E-state index is 0.190. The highest BCUT2D eigenvalue weighted by Crippen LogP contribution is 2.42. The number of aliphatic carboxylic acids is 1. The van der Waals surface area contributed by atoms with E-state index in [-0.39, 0.29) is 6.54 Å². The molecule has 2 rings (SSSR count). The van der Waals surface area contributed by atoms with Gasteiger partial charge in [-0.05, 0) is 31.7 Å². The van der Waals surface area contributed by atoms with Gasteiger partial charge in [0.05, 0.1) is 11.1 Å². The standard InChI is InChI=1S/C15H25N3O2/c1-3-12-7-13(18(4-2)17-12)9-15(10-16,14(19)20)8-11-5-6-11/h7,11H,3-6,8-10,16H2,1-2H3,(H,19,20). The van der Waals surface area contributed by atoms with E-state index in [2.05, 4.69) is 12.0 Å². The fourth-order valence-electron chi connectivity index (χ4n) is 2.80. The Balaban J connectivity index is 2.26. The van der Waals surface area contributed by atoms with Crippen LogP contribution in [0.4, 0.5) is 0 Å². The average molecular weight is 279 g/mol. The Morgan fingerprint density at radius 1 is 1.55 bits per heavy atom. The van der Waals surface area contributed by atoms with Crippen LogP contribution in [0.15, 0.2) is 6.07 Å². The number of carboxylic acid groups (broad SMARTS) is 1. The van der Waals surface area contributed by atoms with Crippen LogP contribution < -0.4 is 5.73 Å². The molecule has 1 aromatic heterocycles. The summed E-state index contributed by atoms with van der Waals surface area (Å²) >= 11 is 0. The first kappa shape index (κ1) is 15.0. The molecule has 1 unspecified atom stereocenters. The zero-order chi connectivity index (χ0) is 14.8. The van der Waals surface area contributed by atoms with Gasteiger partial charge in [0, 0.05) is 25.2 Å². The Kier molecular flexibility index (Phi) is 4.48. The number of hydrogen-bond acceptors (Lipinski definition) is 3. The summed E-state index contributed by atoms with van der Waals surface area (Å²) in [5.74, 6) is -0.230. The van der Waals surface area contributed by atoms with Crippen molar-refractivity contribution in [1.82, 2.24) is 9.78 Å². The summed E-state index contributed by atoms with van der Waals surface area (Å²) in [6, 6.07) is 2.03. The van der Waals surface area contributed by atoms with Gasteiger partial charge < -0.3 is 10.8 Å². The number of aromatic nitrogens is 2. The summed E-state index contributed by atoms with van der Waals surface area (Å²) in [5.41, 5.74) is 7.03. The van der Waals surface area contributed by atoms with Crippen molar-refractivity contribution in [1.29, 1.82) is 0 Å². The van der Waals surface area contributed by atoms with Gasteiger partial charge >= 0.3 is 5.97 Å². The van der Waals surface area contributed by atoms with Gasteiger partial charge in [-0.2, -0.15) is 5.10 Å². The van der Waals surface area contributed by atoms with Gasteiger partial charge in [0.2, 0.25) is 0 Å². The monoisotopic (exact) mass is 279 g/mol.